The van der Waals surface area contributed by atoms with E-state index in [-0.39, 0.29) is 23.6 Å². The maximum atomic E-state index is 15.5. The Morgan fingerprint density at radius 2 is 1.49 bits per heavy atom. The third kappa shape index (κ3) is 9.03. The first kappa shape index (κ1) is 36.4. The number of carbonyl (C=O) groups excluding carboxylic acids is 1. The van der Waals surface area contributed by atoms with Gasteiger partial charge < -0.3 is 19.8 Å². The van der Waals surface area contributed by atoms with Gasteiger partial charge in [0.2, 0.25) is 0 Å². The molecule has 1 saturated carbocycles. The standard InChI is InChI=1S/C33H33Cl2FN2O4.C2HF3O2/c34-23-14-22(15-24(35)16-23)31(21-6-2-1-3-7-21)37-12-4-8-25(19-37)42-30-18-28(36)27(17-26(30)20-10-11-20)32(39)38-13-5-9-29(38)33(40)41;3-2(4,5)1(6)7/h1-3,6-7,14-18,20,25,29,31H,4-5,8-13,19H2,(H,40,41);(H,6,7)/t25?,29-,31?;/m0./s1. The van der Waals surface area contributed by atoms with Crippen LogP contribution < -0.4 is 4.74 Å². The summed E-state index contributed by atoms with van der Waals surface area (Å²) in [5.41, 5.74) is 2.85. The molecule has 14 heteroatoms. The molecule has 0 radical (unpaired) electrons. The van der Waals surface area contributed by atoms with Crippen molar-refractivity contribution < 1.29 is 46.9 Å². The first-order valence-electron chi connectivity index (χ1n) is 15.8. The van der Waals surface area contributed by atoms with Crippen LogP contribution in [0.2, 0.25) is 10.0 Å². The normalized spacial score (nSPS) is 20.2. The Balaban J connectivity index is 0.000000606. The van der Waals surface area contributed by atoms with E-state index in [1.54, 1.807) is 12.1 Å². The molecule has 2 saturated heterocycles. The molecular weight excluding hydrogens is 691 g/mol. The van der Waals surface area contributed by atoms with Crippen LogP contribution in [0.5, 0.6) is 5.75 Å². The number of nitrogens with zero attached hydrogens (tertiary/aromatic N) is 2. The van der Waals surface area contributed by atoms with Gasteiger partial charge in [0.15, 0.2) is 0 Å². The number of amides is 1. The van der Waals surface area contributed by atoms with Crippen molar-refractivity contribution in [2.24, 2.45) is 0 Å². The van der Waals surface area contributed by atoms with Crippen molar-refractivity contribution in [2.45, 2.75) is 68.8 Å². The lowest BCUT2D eigenvalue weighted by molar-refractivity contribution is -0.192. The van der Waals surface area contributed by atoms with Gasteiger partial charge >= 0.3 is 18.1 Å². The smallest absolute Gasteiger partial charge is 0.489 e. The van der Waals surface area contributed by atoms with Crippen molar-refractivity contribution in [2.75, 3.05) is 19.6 Å². The van der Waals surface area contributed by atoms with Gasteiger partial charge in [-0.05, 0) is 91.9 Å². The van der Waals surface area contributed by atoms with Gasteiger partial charge in [-0.15, -0.1) is 0 Å². The Morgan fingerprint density at radius 1 is 0.857 bits per heavy atom. The lowest BCUT2D eigenvalue weighted by Gasteiger charge is -2.39. The van der Waals surface area contributed by atoms with Crippen LogP contribution in [0, 0.1) is 5.82 Å². The van der Waals surface area contributed by atoms with E-state index in [1.165, 1.54) is 11.0 Å². The minimum Gasteiger partial charge on any atom is -0.489 e. The lowest BCUT2D eigenvalue weighted by Crippen LogP contribution is -2.43. The van der Waals surface area contributed by atoms with Crippen LogP contribution in [0.1, 0.15) is 77.5 Å². The highest BCUT2D eigenvalue weighted by Gasteiger charge is 2.39. The molecule has 0 spiro atoms. The van der Waals surface area contributed by atoms with Crippen molar-refractivity contribution in [1.29, 1.82) is 0 Å². The lowest BCUT2D eigenvalue weighted by atomic mass is 9.94. The molecular formula is C35H34Cl2F4N2O6. The van der Waals surface area contributed by atoms with Crippen molar-refractivity contribution in [3.63, 3.8) is 0 Å². The fourth-order valence-electron chi connectivity index (χ4n) is 6.43. The van der Waals surface area contributed by atoms with Crippen LogP contribution in [-0.4, -0.2) is 75.8 Å². The molecule has 2 aliphatic heterocycles. The molecule has 262 valence electrons. The van der Waals surface area contributed by atoms with Gasteiger partial charge in [0.1, 0.15) is 23.7 Å². The van der Waals surface area contributed by atoms with Gasteiger partial charge in [-0.3, -0.25) is 9.69 Å². The molecule has 49 heavy (non-hydrogen) atoms. The second-order valence-corrected chi connectivity index (χ2v) is 13.2. The monoisotopic (exact) mass is 724 g/mol. The first-order chi connectivity index (χ1) is 23.2. The average Bonchev–Trinajstić information content (AvgIpc) is 3.75. The number of hydrogen-bond acceptors (Lipinski definition) is 5. The molecule has 6 rings (SSSR count). The molecule has 2 N–H and O–H groups in total. The number of carboxylic acid groups (broad SMARTS) is 2. The molecule has 0 aromatic heterocycles. The zero-order valence-corrected chi connectivity index (χ0v) is 27.6. The minimum absolute atomic E-state index is 0.0790. The highest BCUT2D eigenvalue weighted by Crippen LogP contribution is 2.46. The number of alkyl halides is 3. The summed E-state index contributed by atoms with van der Waals surface area (Å²) in [5.74, 6) is -4.39. The van der Waals surface area contributed by atoms with E-state index in [1.807, 2.05) is 30.3 Å². The molecule has 3 fully saturated rings. The van der Waals surface area contributed by atoms with E-state index in [0.29, 0.717) is 41.7 Å². The number of carbonyl (C=O) groups is 3. The van der Waals surface area contributed by atoms with Crippen molar-refractivity contribution in [3.8, 4) is 5.75 Å². The maximum absolute atomic E-state index is 15.5. The Labute approximate surface area is 290 Å². The SMILES string of the molecule is O=C(O)C(F)(F)F.O=C(O)[C@@H]1CCCN1C(=O)c1cc(C2CC2)c(OC2CCCN(C(c3ccccc3)c3cc(Cl)cc(Cl)c3)C2)cc1F. The van der Waals surface area contributed by atoms with Crippen LogP contribution in [0.3, 0.4) is 0 Å². The number of aliphatic carboxylic acids is 2. The van der Waals surface area contributed by atoms with Gasteiger partial charge in [0, 0.05) is 29.2 Å². The van der Waals surface area contributed by atoms with Crippen molar-refractivity contribution in [3.05, 3.63) is 98.8 Å². The van der Waals surface area contributed by atoms with E-state index in [2.05, 4.69) is 17.0 Å². The summed E-state index contributed by atoms with van der Waals surface area (Å²) >= 11 is 12.8. The van der Waals surface area contributed by atoms with E-state index >= 15 is 4.39 Å². The molecule has 3 atom stereocenters. The maximum Gasteiger partial charge on any atom is 0.490 e. The summed E-state index contributed by atoms with van der Waals surface area (Å²) in [7, 11) is 0. The van der Waals surface area contributed by atoms with Gasteiger partial charge in [0.05, 0.1) is 11.6 Å². The largest absolute Gasteiger partial charge is 0.490 e. The van der Waals surface area contributed by atoms with Gasteiger partial charge in [0.25, 0.3) is 5.91 Å². The van der Waals surface area contributed by atoms with Gasteiger partial charge in [-0.2, -0.15) is 13.2 Å². The second-order valence-electron chi connectivity index (χ2n) is 12.3. The van der Waals surface area contributed by atoms with Crippen molar-refractivity contribution >= 4 is 41.0 Å². The zero-order chi connectivity index (χ0) is 35.5. The molecule has 2 heterocycles. The molecule has 1 amide bonds. The Morgan fingerprint density at radius 3 is 2.08 bits per heavy atom. The zero-order valence-electron chi connectivity index (χ0n) is 26.1. The number of halogens is 6. The number of benzene rings is 3. The van der Waals surface area contributed by atoms with E-state index in [9.17, 15) is 27.9 Å². The van der Waals surface area contributed by atoms with E-state index in [0.717, 1.165) is 48.9 Å². The summed E-state index contributed by atoms with van der Waals surface area (Å²) < 4.78 is 53.8. The quantitative estimate of drug-likeness (QED) is 0.227. The predicted molar refractivity (Wildman–Crippen MR) is 174 cm³/mol. The topological polar surface area (TPSA) is 107 Å². The highest BCUT2D eigenvalue weighted by molar-refractivity contribution is 6.34. The molecule has 2 unspecified atom stereocenters. The third-order valence-electron chi connectivity index (χ3n) is 8.77. The summed E-state index contributed by atoms with van der Waals surface area (Å²) in [5, 5.41) is 17.8. The van der Waals surface area contributed by atoms with Gasteiger partial charge in [-0.25, -0.2) is 14.0 Å². The van der Waals surface area contributed by atoms with Gasteiger partial charge in [-0.1, -0.05) is 53.5 Å². The van der Waals surface area contributed by atoms with E-state index < -0.39 is 35.9 Å². The Kier molecular flexibility index (Phi) is 11.4. The molecule has 3 aromatic carbocycles. The van der Waals surface area contributed by atoms with Crippen LogP contribution in [0.15, 0.2) is 60.7 Å². The number of rotatable bonds is 8. The number of ether oxygens (including phenoxy) is 1. The molecule has 8 nitrogen and oxygen atoms in total. The summed E-state index contributed by atoms with van der Waals surface area (Å²) in [6.07, 6.45) is -0.708. The number of carboxylic acids is 2. The molecule has 3 aromatic rings. The molecule has 3 aliphatic rings. The minimum atomic E-state index is -5.08. The number of hydrogen-bond donors (Lipinski definition) is 2. The van der Waals surface area contributed by atoms with Crippen LogP contribution in [0.25, 0.3) is 0 Å². The summed E-state index contributed by atoms with van der Waals surface area (Å²) in [6.45, 7) is 1.77. The van der Waals surface area contributed by atoms with E-state index in [4.69, 9.17) is 37.8 Å². The average molecular weight is 726 g/mol. The highest BCUT2D eigenvalue weighted by atomic mass is 35.5. The fourth-order valence-corrected chi connectivity index (χ4v) is 6.97. The number of piperidine rings is 1. The summed E-state index contributed by atoms with van der Waals surface area (Å²) in [4.78, 5) is 37.5. The fraction of sp³-hybridized carbons (Fsp3) is 0.400. The Hall–Kier alpha value is -3.87. The van der Waals surface area contributed by atoms with Crippen molar-refractivity contribution in [1.82, 2.24) is 9.80 Å². The number of likely N-dealkylation sites (tertiary alicyclic amines) is 2. The first-order valence-corrected chi connectivity index (χ1v) is 16.6. The predicted octanol–water partition coefficient (Wildman–Crippen LogP) is 7.97. The molecule has 1 aliphatic carbocycles. The Bertz CT molecular complexity index is 1670. The van der Waals surface area contributed by atoms with Crippen LogP contribution >= 0.6 is 23.2 Å². The van der Waals surface area contributed by atoms with Crippen LogP contribution in [-0.2, 0) is 9.59 Å². The third-order valence-corrected chi connectivity index (χ3v) is 9.21. The molecule has 0 bridgehead atoms. The second kappa shape index (κ2) is 15.3. The summed E-state index contributed by atoms with van der Waals surface area (Å²) in [6, 6.07) is 17.7. The van der Waals surface area contributed by atoms with Crippen LogP contribution in [0.4, 0.5) is 17.6 Å².